The Morgan fingerprint density at radius 3 is 2.32 bits per heavy atom. The summed E-state index contributed by atoms with van der Waals surface area (Å²) in [6, 6.07) is 20.4. The smallest absolute Gasteiger partial charge is 0.357 e. The Morgan fingerprint density at radius 2 is 1.65 bits per heavy atom. The molecule has 0 aliphatic carbocycles. The van der Waals surface area contributed by atoms with Crippen LogP contribution in [0.2, 0.25) is 0 Å². The van der Waals surface area contributed by atoms with E-state index in [1.807, 2.05) is 30.3 Å². The van der Waals surface area contributed by atoms with Gasteiger partial charge in [-0.05, 0) is 54.4 Å². The molecule has 0 saturated carbocycles. The maximum Gasteiger partial charge on any atom is 0.357 e. The number of aromatic nitrogens is 1. The number of esters is 1. The Labute approximate surface area is 195 Å². The number of nitrogens with zero attached hydrogens (tertiary/aromatic N) is 1. The van der Waals surface area contributed by atoms with Crippen molar-refractivity contribution in [2.24, 2.45) is 0 Å². The fourth-order valence-corrected chi connectivity index (χ4v) is 3.67. The first-order valence-corrected chi connectivity index (χ1v) is 10.7. The molecule has 0 spiro atoms. The van der Waals surface area contributed by atoms with Crippen LogP contribution in [0.1, 0.15) is 33.3 Å². The number of ether oxygens (including phenoxy) is 1. The molecule has 0 bridgehead atoms. The number of nitrogens with one attached hydrogen (secondary N) is 1. The summed E-state index contributed by atoms with van der Waals surface area (Å²) in [5.74, 6) is -2.10. The van der Waals surface area contributed by atoms with Gasteiger partial charge in [-0.2, -0.15) is 0 Å². The summed E-state index contributed by atoms with van der Waals surface area (Å²) < 4.78 is 34.4. The van der Waals surface area contributed by atoms with E-state index >= 15 is 0 Å². The quantitative estimate of drug-likeness (QED) is 0.349. The zero-order chi connectivity index (χ0) is 24.1. The van der Waals surface area contributed by atoms with Crippen LogP contribution in [0.25, 0.3) is 11.1 Å². The third-order valence-electron chi connectivity index (χ3n) is 5.22. The second-order valence-electron chi connectivity index (χ2n) is 7.57. The maximum atomic E-state index is 14.1. The number of benzene rings is 3. The summed E-state index contributed by atoms with van der Waals surface area (Å²) in [6.45, 7) is 2.15. The molecule has 0 aliphatic rings. The lowest BCUT2D eigenvalue weighted by Crippen LogP contribution is -2.18. The van der Waals surface area contributed by atoms with E-state index in [-0.39, 0.29) is 23.6 Å². The maximum absolute atomic E-state index is 14.1. The molecule has 5 nitrogen and oxygen atoms in total. The van der Waals surface area contributed by atoms with Crippen LogP contribution in [0.3, 0.4) is 0 Å². The highest BCUT2D eigenvalue weighted by Gasteiger charge is 2.26. The van der Waals surface area contributed by atoms with Crippen molar-refractivity contribution in [1.29, 1.82) is 0 Å². The Hall–Kier alpha value is -4.26. The fraction of sp³-hybridized carbons (Fsp3) is 0.111. The molecule has 1 amide bonds. The molecule has 34 heavy (non-hydrogen) atoms. The van der Waals surface area contributed by atoms with Crippen molar-refractivity contribution < 1.29 is 23.1 Å². The van der Waals surface area contributed by atoms with Crippen molar-refractivity contribution in [1.82, 2.24) is 4.57 Å². The number of halogens is 2. The van der Waals surface area contributed by atoms with E-state index in [1.165, 1.54) is 36.4 Å². The molecule has 0 unspecified atom stereocenters. The monoisotopic (exact) mass is 460 g/mol. The highest BCUT2D eigenvalue weighted by Crippen LogP contribution is 2.35. The predicted molar refractivity (Wildman–Crippen MR) is 126 cm³/mol. The second kappa shape index (κ2) is 10.1. The normalized spacial score (nSPS) is 10.7. The van der Waals surface area contributed by atoms with Gasteiger partial charge in [-0.1, -0.05) is 42.5 Å². The van der Waals surface area contributed by atoms with Crippen molar-refractivity contribution in [2.75, 3.05) is 11.9 Å². The molecular formula is C27H22F2N2O3. The van der Waals surface area contributed by atoms with Crippen molar-refractivity contribution in [3.63, 3.8) is 0 Å². The molecule has 0 aliphatic heterocycles. The van der Waals surface area contributed by atoms with Crippen LogP contribution in [0.4, 0.5) is 14.5 Å². The van der Waals surface area contributed by atoms with Crippen LogP contribution in [-0.2, 0) is 11.3 Å². The van der Waals surface area contributed by atoms with Crippen LogP contribution in [0.15, 0.2) is 85.1 Å². The van der Waals surface area contributed by atoms with Gasteiger partial charge in [0.2, 0.25) is 0 Å². The van der Waals surface area contributed by atoms with Crippen LogP contribution < -0.4 is 5.32 Å². The number of carbonyl (C=O) groups excluding carboxylic acids is 2. The number of hydrogen-bond acceptors (Lipinski definition) is 3. The third-order valence-corrected chi connectivity index (χ3v) is 5.22. The van der Waals surface area contributed by atoms with Gasteiger partial charge >= 0.3 is 5.97 Å². The molecule has 4 aromatic rings. The zero-order valence-electron chi connectivity index (χ0n) is 18.4. The van der Waals surface area contributed by atoms with E-state index in [0.29, 0.717) is 17.7 Å². The van der Waals surface area contributed by atoms with Crippen LogP contribution in [0.5, 0.6) is 0 Å². The van der Waals surface area contributed by atoms with Gasteiger partial charge in [0.15, 0.2) is 5.69 Å². The van der Waals surface area contributed by atoms with E-state index in [4.69, 9.17) is 4.74 Å². The average molecular weight is 460 g/mol. The SMILES string of the molecule is CCOC(=O)c1c(NC(=O)c2ccc(F)cc2)c(-c2cccc(F)c2)cn1Cc1ccccc1. The van der Waals surface area contributed by atoms with Crippen LogP contribution in [-0.4, -0.2) is 23.1 Å². The molecule has 0 saturated heterocycles. The molecule has 1 N–H and O–H groups in total. The number of carbonyl (C=O) groups is 2. The predicted octanol–water partition coefficient (Wildman–Crippen LogP) is 5.91. The lowest BCUT2D eigenvalue weighted by molar-refractivity contribution is 0.0515. The van der Waals surface area contributed by atoms with Gasteiger partial charge in [-0.3, -0.25) is 4.79 Å². The largest absolute Gasteiger partial charge is 0.461 e. The van der Waals surface area contributed by atoms with Crippen molar-refractivity contribution >= 4 is 17.6 Å². The molecule has 0 radical (unpaired) electrons. The van der Waals surface area contributed by atoms with Crippen molar-refractivity contribution in [3.05, 3.63) is 114 Å². The molecule has 0 atom stereocenters. The first-order chi connectivity index (χ1) is 16.5. The summed E-state index contributed by atoms with van der Waals surface area (Å²) >= 11 is 0. The Balaban J connectivity index is 1.86. The minimum absolute atomic E-state index is 0.125. The first-order valence-electron chi connectivity index (χ1n) is 10.7. The van der Waals surface area contributed by atoms with Crippen LogP contribution in [0, 0.1) is 11.6 Å². The van der Waals surface area contributed by atoms with Gasteiger partial charge in [0, 0.05) is 23.9 Å². The number of hydrogen-bond donors (Lipinski definition) is 1. The molecular weight excluding hydrogens is 438 g/mol. The Morgan fingerprint density at radius 1 is 0.912 bits per heavy atom. The van der Waals surface area contributed by atoms with Crippen molar-refractivity contribution in [2.45, 2.75) is 13.5 Å². The summed E-state index contributed by atoms with van der Waals surface area (Å²) in [5.41, 5.74) is 2.37. The Kier molecular flexibility index (Phi) is 6.82. The number of rotatable bonds is 7. The summed E-state index contributed by atoms with van der Waals surface area (Å²) in [5, 5.41) is 2.77. The Bertz CT molecular complexity index is 1320. The molecule has 1 aromatic heterocycles. The second-order valence-corrected chi connectivity index (χ2v) is 7.57. The van der Waals surface area contributed by atoms with E-state index in [2.05, 4.69) is 5.32 Å². The summed E-state index contributed by atoms with van der Waals surface area (Å²) in [4.78, 5) is 26.0. The zero-order valence-corrected chi connectivity index (χ0v) is 18.4. The van der Waals surface area contributed by atoms with Crippen LogP contribution >= 0.6 is 0 Å². The van der Waals surface area contributed by atoms with E-state index in [1.54, 1.807) is 29.8 Å². The summed E-state index contributed by atoms with van der Waals surface area (Å²) in [6.07, 6.45) is 1.69. The molecule has 3 aromatic carbocycles. The standard InChI is InChI=1S/C27H22F2N2O3/c1-2-34-27(33)25-24(30-26(32)19-11-13-21(28)14-12-19)23(20-9-6-10-22(29)15-20)17-31(25)16-18-7-4-3-5-8-18/h3-15,17H,2,16H2,1H3,(H,30,32). The van der Waals surface area contributed by atoms with E-state index in [9.17, 15) is 18.4 Å². The molecule has 4 rings (SSSR count). The van der Waals surface area contributed by atoms with Gasteiger partial charge in [0.25, 0.3) is 5.91 Å². The topological polar surface area (TPSA) is 60.3 Å². The van der Waals surface area contributed by atoms with E-state index < -0.39 is 23.5 Å². The molecule has 0 fully saturated rings. The number of anilines is 1. The molecule has 172 valence electrons. The van der Waals surface area contributed by atoms with Crippen molar-refractivity contribution in [3.8, 4) is 11.1 Å². The minimum atomic E-state index is -0.629. The minimum Gasteiger partial charge on any atom is -0.461 e. The highest BCUT2D eigenvalue weighted by atomic mass is 19.1. The molecule has 1 heterocycles. The van der Waals surface area contributed by atoms with Gasteiger partial charge in [0.1, 0.15) is 11.6 Å². The third kappa shape index (κ3) is 5.04. The van der Waals surface area contributed by atoms with Gasteiger partial charge in [-0.25, -0.2) is 13.6 Å². The highest BCUT2D eigenvalue weighted by molar-refractivity contribution is 6.10. The molecule has 7 heteroatoms. The fourth-order valence-electron chi connectivity index (χ4n) is 3.67. The van der Waals surface area contributed by atoms with Gasteiger partial charge in [-0.15, -0.1) is 0 Å². The number of amides is 1. The summed E-state index contributed by atoms with van der Waals surface area (Å²) in [7, 11) is 0. The average Bonchev–Trinajstić information content (AvgIpc) is 3.18. The lowest BCUT2D eigenvalue weighted by atomic mass is 10.1. The first kappa shape index (κ1) is 22.9. The van der Waals surface area contributed by atoms with Gasteiger partial charge < -0.3 is 14.6 Å². The van der Waals surface area contributed by atoms with Gasteiger partial charge in [0.05, 0.1) is 12.3 Å². The lowest BCUT2D eigenvalue weighted by Gasteiger charge is -2.12. The van der Waals surface area contributed by atoms with E-state index in [0.717, 1.165) is 5.56 Å².